The molecule has 1 N–H and O–H groups in total. The molecular weight excluding hydrogens is 308 g/mol. The average molecular weight is 323 g/mol. The first-order chi connectivity index (χ1) is 8.10. The molecule has 94 valence electrons. The summed E-state index contributed by atoms with van der Waals surface area (Å²) in [5, 5.41) is 3.51. The van der Waals surface area contributed by atoms with Crippen molar-refractivity contribution in [3.05, 3.63) is 34.6 Å². The first kappa shape index (κ1) is 14.5. The van der Waals surface area contributed by atoms with E-state index in [1.54, 1.807) is 0 Å². The highest BCUT2D eigenvalue weighted by molar-refractivity contribution is 9.09. The fourth-order valence-electron chi connectivity index (χ4n) is 1.45. The van der Waals surface area contributed by atoms with E-state index in [1.807, 2.05) is 6.92 Å². The highest BCUT2D eigenvalue weighted by Gasteiger charge is 2.16. The van der Waals surface area contributed by atoms with E-state index in [0.717, 1.165) is 18.2 Å². The average Bonchev–Trinajstić information content (AvgIpc) is 2.31. The fraction of sp³-hybridized carbons (Fsp3) is 0.417. The van der Waals surface area contributed by atoms with Gasteiger partial charge in [-0.15, -0.1) is 0 Å². The van der Waals surface area contributed by atoms with Crippen molar-refractivity contribution in [1.29, 1.82) is 0 Å². The zero-order valence-corrected chi connectivity index (χ0v) is 11.8. The maximum Gasteiger partial charge on any atom is 0.253 e. The van der Waals surface area contributed by atoms with Crippen LogP contribution in [0.1, 0.15) is 30.1 Å². The Bertz CT molecular complexity index is 400. The van der Waals surface area contributed by atoms with Crippen LogP contribution in [0.3, 0.4) is 0 Å². The molecule has 1 amide bonds. The molecule has 1 aromatic rings. The van der Waals surface area contributed by atoms with Crippen molar-refractivity contribution in [2.45, 2.75) is 25.8 Å². The Kier molecular flexibility index (Phi) is 5.92. The summed E-state index contributed by atoms with van der Waals surface area (Å²) >= 11 is 9.07. The molecule has 0 radical (unpaired) electrons. The minimum atomic E-state index is -0.576. The van der Waals surface area contributed by atoms with Crippen molar-refractivity contribution in [3.63, 3.8) is 0 Å². The molecule has 1 unspecified atom stereocenters. The predicted molar refractivity (Wildman–Crippen MR) is 71.4 cm³/mol. The molecule has 0 aliphatic heterocycles. The van der Waals surface area contributed by atoms with Crippen molar-refractivity contribution in [2.75, 3.05) is 5.33 Å². The molecule has 0 bridgehead atoms. The van der Waals surface area contributed by atoms with Gasteiger partial charge in [-0.05, 0) is 25.0 Å². The van der Waals surface area contributed by atoms with Gasteiger partial charge < -0.3 is 5.32 Å². The van der Waals surface area contributed by atoms with Crippen molar-refractivity contribution >= 4 is 33.4 Å². The standard InChI is InChI=1S/C12H14BrClFNO/c1-2-8(6-7-13)16-12(17)9-4-3-5-10(15)11(9)14/h3-5,8H,2,6-7H2,1H3,(H,16,17). The molecule has 0 spiro atoms. The lowest BCUT2D eigenvalue weighted by Gasteiger charge is -2.16. The zero-order chi connectivity index (χ0) is 12.8. The van der Waals surface area contributed by atoms with Gasteiger partial charge >= 0.3 is 0 Å². The van der Waals surface area contributed by atoms with E-state index in [1.165, 1.54) is 18.2 Å². The third-order valence-electron chi connectivity index (χ3n) is 2.48. The molecule has 0 saturated carbocycles. The van der Waals surface area contributed by atoms with Crippen LogP contribution in [0.2, 0.25) is 5.02 Å². The molecule has 0 fully saturated rings. The first-order valence-corrected chi connectivity index (χ1v) is 6.91. The minimum absolute atomic E-state index is 0.0706. The number of hydrogen-bond donors (Lipinski definition) is 1. The molecular formula is C12H14BrClFNO. The maximum absolute atomic E-state index is 13.2. The van der Waals surface area contributed by atoms with Crippen LogP contribution in [0.15, 0.2) is 18.2 Å². The summed E-state index contributed by atoms with van der Waals surface area (Å²) in [7, 11) is 0. The van der Waals surface area contributed by atoms with Gasteiger partial charge in [-0.3, -0.25) is 4.79 Å². The first-order valence-electron chi connectivity index (χ1n) is 5.41. The Hall–Kier alpha value is -0.610. The summed E-state index contributed by atoms with van der Waals surface area (Å²) in [6.07, 6.45) is 1.65. The van der Waals surface area contributed by atoms with Gasteiger partial charge in [0.15, 0.2) is 0 Å². The number of amides is 1. The second kappa shape index (κ2) is 6.97. The summed E-state index contributed by atoms with van der Waals surface area (Å²) in [5.41, 5.74) is 0.180. The largest absolute Gasteiger partial charge is 0.349 e. The molecule has 0 heterocycles. The highest BCUT2D eigenvalue weighted by atomic mass is 79.9. The Morgan fingerprint density at radius 3 is 2.88 bits per heavy atom. The highest BCUT2D eigenvalue weighted by Crippen LogP contribution is 2.19. The molecule has 0 saturated heterocycles. The third-order valence-corrected chi connectivity index (χ3v) is 3.32. The Balaban J connectivity index is 2.79. The summed E-state index contributed by atoms with van der Waals surface area (Å²) in [5.74, 6) is -0.907. The lowest BCUT2D eigenvalue weighted by molar-refractivity contribution is 0.0935. The lowest BCUT2D eigenvalue weighted by atomic mass is 10.1. The van der Waals surface area contributed by atoms with E-state index in [4.69, 9.17) is 11.6 Å². The number of rotatable bonds is 5. The number of alkyl halides is 1. The molecule has 0 aliphatic rings. The van der Waals surface area contributed by atoms with Gasteiger partial charge in [0.05, 0.1) is 10.6 Å². The summed E-state index contributed by atoms with van der Waals surface area (Å²) in [4.78, 5) is 11.9. The second-order valence-corrected chi connectivity index (χ2v) is 4.83. The maximum atomic E-state index is 13.2. The van der Waals surface area contributed by atoms with Crippen molar-refractivity contribution < 1.29 is 9.18 Å². The summed E-state index contributed by atoms with van der Waals surface area (Å²) in [6.45, 7) is 1.99. The van der Waals surface area contributed by atoms with Gasteiger partial charge in [0.25, 0.3) is 5.91 Å². The third kappa shape index (κ3) is 3.96. The van der Waals surface area contributed by atoms with Gasteiger partial charge in [0.1, 0.15) is 5.82 Å². The zero-order valence-electron chi connectivity index (χ0n) is 9.47. The topological polar surface area (TPSA) is 29.1 Å². The normalized spacial score (nSPS) is 12.2. The van der Waals surface area contributed by atoms with Crippen LogP contribution < -0.4 is 5.32 Å². The van der Waals surface area contributed by atoms with Gasteiger partial charge in [0.2, 0.25) is 0 Å². The SMILES string of the molecule is CCC(CCBr)NC(=O)c1cccc(F)c1Cl. The van der Waals surface area contributed by atoms with Gasteiger partial charge in [0, 0.05) is 11.4 Å². The van der Waals surface area contributed by atoms with Gasteiger partial charge in [-0.2, -0.15) is 0 Å². The molecule has 0 aliphatic carbocycles. The fourth-order valence-corrected chi connectivity index (χ4v) is 2.22. The number of nitrogens with one attached hydrogen (secondary N) is 1. The van der Waals surface area contributed by atoms with Crippen LogP contribution in [0.4, 0.5) is 4.39 Å². The quantitative estimate of drug-likeness (QED) is 0.821. The Morgan fingerprint density at radius 1 is 1.59 bits per heavy atom. The number of carbonyl (C=O) groups excluding carboxylic acids is 1. The molecule has 17 heavy (non-hydrogen) atoms. The van der Waals surface area contributed by atoms with E-state index in [0.29, 0.717) is 0 Å². The van der Waals surface area contributed by atoms with Crippen LogP contribution >= 0.6 is 27.5 Å². The van der Waals surface area contributed by atoms with Crippen molar-refractivity contribution in [3.8, 4) is 0 Å². The van der Waals surface area contributed by atoms with Gasteiger partial charge in [-0.1, -0.05) is 40.5 Å². The van der Waals surface area contributed by atoms with E-state index >= 15 is 0 Å². The Morgan fingerprint density at radius 2 is 2.29 bits per heavy atom. The molecule has 1 aromatic carbocycles. The molecule has 1 rings (SSSR count). The van der Waals surface area contributed by atoms with E-state index in [9.17, 15) is 9.18 Å². The minimum Gasteiger partial charge on any atom is -0.349 e. The number of hydrogen-bond acceptors (Lipinski definition) is 1. The number of halogens is 3. The van der Waals surface area contributed by atoms with E-state index in [-0.39, 0.29) is 22.5 Å². The molecule has 2 nitrogen and oxygen atoms in total. The monoisotopic (exact) mass is 321 g/mol. The second-order valence-electron chi connectivity index (χ2n) is 3.66. The smallest absolute Gasteiger partial charge is 0.253 e. The molecule has 1 atom stereocenters. The van der Waals surface area contributed by atoms with Crippen LogP contribution in [0.5, 0.6) is 0 Å². The van der Waals surface area contributed by atoms with Crippen molar-refractivity contribution in [2.24, 2.45) is 0 Å². The van der Waals surface area contributed by atoms with Crippen LogP contribution in [0.25, 0.3) is 0 Å². The van der Waals surface area contributed by atoms with Crippen LogP contribution in [0, 0.1) is 5.82 Å². The summed E-state index contributed by atoms with van der Waals surface area (Å²) in [6, 6.07) is 4.29. The van der Waals surface area contributed by atoms with Crippen LogP contribution in [-0.4, -0.2) is 17.3 Å². The predicted octanol–water partition coefficient (Wildman–Crippen LogP) is 3.77. The Labute approximate surface area is 114 Å². The number of carbonyl (C=O) groups is 1. The molecule has 0 aromatic heterocycles. The van der Waals surface area contributed by atoms with E-state index < -0.39 is 5.82 Å². The van der Waals surface area contributed by atoms with Crippen molar-refractivity contribution in [1.82, 2.24) is 5.32 Å². The summed E-state index contributed by atoms with van der Waals surface area (Å²) < 4.78 is 13.2. The van der Waals surface area contributed by atoms with Crippen LogP contribution in [-0.2, 0) is 0 Å². The molecule has 5 heteroatoms. The van der Waals surface area contributed by atoms with Gasteiger partial charge in [-0.25, -0.2) is 4.39 Å². The lowest BCUT2D eigenvalue weighted by Crippen LogP contribution is -2.34. The number of benzene rings is 1. The van der Waals surface area contributed by atoms with E-state index in [2.05, 4.69) is 21.2 Å².